The summed E-state index contributed by atoms with van der Waals surface area (Å²) in [5.74, 6) is -0.174. The number of carbonyl (C=O) groups excluding carboxylic acids is 2. The zero-order chi connectivity index (χ0) is 21.2. The molecule has 0 spiro atoms. The molecule has 0 aliphatic carbocycles. The quantitative estimate of drug-likeness (QED) is 0.603. The monoisotopic (exact) mass is 410 g/mol. The number of hydrogen-bond donors (Lipinski definition) is 1. The molecule has 1 N–H and O–H groups in total. The lowest BCUT2D eigenvalue weighted by molar-refractivity contribution is -0.141. The summed E-state index contributed by atoms with van der Waals surface area (Å²) in [7, 11) is 0. The van der Waals surface area contributed by atoms with E-state index in [2.05, 4.69) is 5.32 Å². The summed E-state index contributed by atoms with van der Waals surface area (Å²) >= 11 is 0. The molecule has 1 heterocycles. The lowest BCUT2D eigenvalue weighted by Gasteiger charge is -2.34. The first-order valence-electron chi connectivity index (χ1n) is 10.6. The SMILES string of the molecule is CCOCCOCc1cccc(NC(=O)C(c2ccccc2)N2CCCCC2=O)c1. The number of ether oxygens (including phenoxy) is 2. The molecule has 1 fully saturated rings. The molecule has 0 saturated carbocycles. The normalized spacial score (nSPS) is 15.1. The average Bonchev–Trinajstić information content (AvgIpc) is 2.76. The Kier molecular flexibility index (Phi) is 8.41. The highest BCUT2D eigenvalue weighted by molar-refractivity contribution is 5.98. The second-order valence-electron chi connectivity index (χ2n) is 7.30. The van der Waals surface area contributed by atoms with Crippen LogP contribution in [0, 0.1) is 0 Å². The van der Waals surface area contributed by atoms with Crippen LogP contribution in [0.15, 0.2) is 54.6 Å². The van der Waals surface area contributed by atoms with Crippen LogP contribution in [0.3, 0.4) is 0 Å². The first kappa shape index (κ1) is 22.0. The van der Waals surface area contributed by atoms with Gasteiger partial charge in [-0.25, -0.2) is 0 Å². The van der Waals surface area contributed by atoms with E-state index in [-0.39, 0.29) is 11.8 Å². The van der Waals surface area contributed by atoms with Crippen LogP contribution >= 0.6 is 0 Å². The van der Waals surface area contributed by atoms with Gasteiger partial charge < -0.3 is 19.7 Å². The molecule has 1 aliphatic heterocycles. The number of piperidine rings is 1. The Bertz CT molecular complexity index is 825. The second kappa shape index (κ2) is 11.5. The van der Waals surface area contributed by atoms with Crippen LogP contribution in [0.1, 0.15) is 43.4 Å². The van der Waals surface area contributed by atoms with Gasteiger partial charge in [0.2, 0.25) is 5.91 Å². The van der Waals surface area contributed by atoms with Gasteiger partial charge in [-0.1, -0.05) is 42.5 Å². The van der Waals surface area contributed by atoms with Crippen molar-refractivity contribution in [1.82, 2.24) is 4.90 Å². The molecule has 0 bridgehead atoms. The highest BCUT2D eigenvalue weighted by Gasteiger charge is 2.32. The first-order valence-corrected chi connectivity index (χ1v) is 10.6. The van der Waals surface area contributed by atoms with Crippen LogP contribution in [-0.4, -0.2) is 43.1 Å². The fourth-order valence-corrected chi connectivity index (χ4v) is 3.61. The van der Waals surface area contributed by atoms with Gasteiger partial charge in [0, 0.05) is 25.3 Å². The molecule has 1 unspecified atom stereocenters. The summed E-state index contributed by atoms with van der Waals surface area (Å²) in [6.07, 6.45) is 2.28. The maximum atomic E-state index is 13.2. The Labute approximate surface area is 178 Å². The summed E-state index contributed by atoms with van der Waals surface area (Å²) in [4.78, 5) is 27.5. The minimum Gasteiger partial charge on any atom is -0.379 e. The van der Waals surface area contributed by atoms with Gasteiger partial charge >= 0.3 is 0 Å². The maximum Gasteiger partial charge on any atom is 0.251 e. The van der Waals surface area contributed by atoms with Crippen LogP contribution in [0.2, 0.25) is 0 Å². The molecule has 1 aliphatic rings. The third-order valence-electron chi connectivity index (χ3n) is 5.07. The van der Waals surface area contributed by atoms with Gasteiger partial charge in [0.25, 0.3) is 5.91 Å². The minimum absolute atomic E-state index is 0.0294. The summed E-state index contributed by atoms with van der Waals surface area (Å²) in [5, 5.41) is 3.00. The molecule has 0 radical (unpaired) electrons. The summed E-state index contributed by atoms with van der Waals surface area (Å²) in [6.45, 7) is 4.76. The maximum absolute atomic E-state index is 13.2. The Morgan fingerprint density at radius 3 is 2.63 bits per heavy atom. The summed E-state index contributed by atoms with van der Waals surface area (Å²) in [6, 6.07) is 16.5. The molecule has 1 atom stereocenters. The number of benzene rings is 2. The lowest BCUT2D eigenvalue weighted by Crippen LogP contribution is -2.43. The van der Waals surface area contributed by atoms with E-state index in [0.29, 0.717) is 45.1 Å². The van der Waals surface area contributed by atoms with E-state index in [0.717, 1.165) is 24.0 Å². The van der Waals surface area contributed by atoms with E-state index in [4.69, 9.17) is 9.47 Å². The van der Waals surface area contributed by atoms with Crippen LogP contribution in [0.4, 0.5) is 5.69 Å². The smallest absolute Gasteiger partial charge is 0.251 e. The summed E-state index contributed by atoms with van der Waals surface area (Å²) in [5.41, 5.74) is 2.48. The van der Waals surface area contributed by atoms with E-state index in [1.54, 1.807) is 4.90 Å². The van der Waals surface area contributed by atoms with E-state index < -0.39 is 6.04 Å². The molecule has 6 nitrogen and oxygen atoms in total. The zero-order valence-electron chi connectivity index (χ0n) is 17.5. The van der Waals surface area contributed by atoms with Gasteiger partial charge in [-0.3, -0.25) is 9.59 Å². The molecular weight excluding hydrogens is 380 g/mol. The molecule has 3 rings (SSSR count). The van der Waals surface area contributed by atoms with Crippen molar-refractivity contribution in [3.63, 3.8) is 0 Å². The number of nitrogens with zero attached hydrogens (tertiary/aromatic N) is 1. The average molecular weight is 411 g/mol. The number of rotatable bonds is 10. The van der Waals surface area contributed by atoms with Crippen LogP contribution in [0.5, 0.6) is 0 Å². The minimum atomic E-state index is -0.634. The fourth-order valence-electron chi connectivity index (χ4n) is 3.61. The van der Waals surface area contributed by atoms with Crippen molar-refractivity contribution in [3.8, 4) is 0 Å². The van der Waals surface area contributed by atoms with E-state index in [1.807, 2.05) is 61.5 Å². The van der Waals surface area contributed by atoms with Crippen molar-refractivity contribution < 1.29 is 19.1 Å². The predicted octanol–water partition coefficient (Wildman–Crippen LogP) is 3.93. The molecule has 6 heteroatoms. The van der Waals surface area contributed by atoms with Gasteiger partial charge in [-0.05, 0) is 43.0 Å². The van der Waals surface area contributed by atoms with Crippen LogP contribution < -0.4 is 5.32 Å². The standard InChI is InChI=1S/C24H30N2O4/c1-2-29-15-16-30-18-19-9-8-12-21(17-19)25-24(28)23(20-10-4-3-5-11-20)26-14-7-6-13-22(26)27/h3-5,8-12,17,23H,2,6-7,13-16,18H2,1H3,(H,25,28). The third-order valence-corrected chi connectivity index (χ3v) is 5.07. The Morgan fingerprint density at radius 1 is 1.07 bits per heavy atom. The fraction of sp³-hybridized carbons (Fsp3) is 0.417. The number of amides is 2. The van der Waals surface area contributed by atoms with Crippen molar-refractivity contribution in [1.29, 1.82) is 0 Å². The zero-order valence-corrected chi connectivity index (χ0v) is 17.5. The topological polar surface area (TPSA) is 67.9 Å². The molecule has 1 saturated heterocycles. The van der Waals surface area contributed by atoms with Crippen LogP contribution in [0.25, 0.3) is 0 Å². The molecule has 0 aromatic heterocycles. The summed E-state index contributed by atoms with van der Waals surface area (Å²) < 4.78 is 10.9. The van der Waals surface area contributed by atoms with Gasteiger partial charge in [-0.15, -0.1) is 0 Å². The number of nitrogens with one attached hydrogen (secondary N) is 1. The van der Waals surface area contributed by atoms with E-state index >= 15 is 0 Å². The van der Waals surface area contributed by atoms with Crippen molar-refractivity contribution in [2.24, 2.45) is 0 Å². The van der Waals surface area contributed by atoms with Crippen molar-refractivity contribution in [3.05, 3.63) is 65.7 Å². The number of likely N-dealkylation sites (tertiary alicyclic amines) is 1. The number of anilines is 1. The third kappa shape index (κ3) is 6.15. The highest BCUT2D eigenvalue weighted by Crippen LogP contribution is 2.27. The first-order chi connectivity index (χ1) is 14.7. The molecule has 30 heavy (non-hydrogen) atoms. The van der Waals surface area contributed by atoms with E-state index in [1.165, 1.54) is 0 Å². The largest absolute Gasteiger partial charge is 0.379 e. The Balaban J connectivity index is 1.70. The van der Waals surface area contributed by atoms with Gasteiger partial charge in [0.05, 0.1) is 19.8 Å². The van der Waals surface area contributed by atoms with Crippen molar-refractivity contribution >= 4 is 17.5 Å². The van der Waals surface area contributed by atoms with Crippen molar-refractivity contribution in [2.75, 3.05) is 31.7 Å². The molecule has 160 valence electrons. The number of hydrogen-bond acceptors (Lipinski definition) is 4. The number of carbonyl (C=O) groups is 2. The van der Waals surface area contributed by atoms with Crippen molar-refractivity contribution in [2.45, 2.75) is 38.8 Å². The van der Waals surface area contributed by atoms with Gasteiger partial charge in [0.15, 0.2) is 0 Å². The lowest BCUT2D eigenvalue weighted by atomic mass is 10.0. The van der Waals surface area contributed by atoms with E-state index in [9.17, 15) is 9.59 Å². The second-order valence-corrected chi connectivity index (χ2v) is 7.30. The molecule has 2 aromatic carbocycles. The van der Waals surface area contributed by atoms with Gasteiger partial charge in [0.1, 0.15) is 6.04 Å². The molecule has 2 amide bonds. The van der Waals surface area contributed by atoms with Gasteiger partial charge in [-0.2, -0.15) is 0 Å². The predicted molar refractivity (Wildman–Crippen MR) is 116 cm³/mol. The molecular formula is C24H30N2O4. The highest BCUT2D eigenvalue weighted by atomic mass is 16.5. The van der Waals surface area contributed by atoms with Crippen LogP contribution in [-0.2, 0) is 25.7 Å². The Morgan fingerprint density at radius 2 is 1.87 bits per heavy atom. The molecule has 2 aromatic rings. The Hall–Kier alpha value is -2.70.